The first-order chi connectivity index (χ1) is 15.8. The van der Waals surface area contributed by atoms with E-state index < -0.39 is 0 Å². The van der Waals surface area contributed by atoms with Crippen molar-refractivity contribution in [2.75, 3.05) is 13.2 Å². The molecule has 0 atom stereocenters. The molecule has 0 aliphatic carbocycles. The number of aliphatic hydroxyl groups excluding tert-OH is 2. The van der Waals surface area contributed by atoms with Crippen molar-refractivity contribution in [2.24, 2.45) is 0 Å². The summed E-state index contributed by atoms with van der Waals surface area (Å²) in [6, 6.07) is 8.74. The molecule has 0 amide bonds. The molecule has 32 heavy (non-hydrogen) atoms. The molecule has 0 spiro atoms. The van der Waals surface area contributed by atoms with Crippen LogP contribution < -0.4 is 9.13 Å². The van der Waals surface area contributed by atoms with E-state index in [4.69, 9.17) is 10.2 Å². The predicted octanol–water partition coefficient (Wildman–Crippen LogP) is 4.71. The van der Waals surface area contributed by atoms with Crippen molar-refractivity contribution in [1.29, 1.82) is 0 Å². The average molecular weight is 443 g/mol. The summed E-state index contributed by atoms with van der Waals surface area (Å²) in [4.78, 5) is 0. The maximum Gasteiger partial charge on any atom is 0.169 e. The Morgan fingerprint density at radius 2 is 0.750 bits per heavy atom. The molecule has 0 bridgehead atoms. The second-order valence-electron chi connectivity index (χ2n) is 9.08. The van der Waals surface area contributed by atoms with E-state index in [0.29, 0.717) is 0 Å². The zero-order valence-corrected chi connectivity index (χ0v) is 20.1. The van der Waals surface area contributed by atoms with Crippen LogP contribution in [0.4, 0.5) is 0 Å². The summed E-state index contributed by atoms with van der Waals surface area (Å²) in [5.41, 5.74) is 2.64. The highest BCUT2D eigenvalue weighted by atomic mass is 16.3. The molecule has 0 aromatic carbocycles. The SMILES string of the molecule is OCCCc1cc[n+](CCCCCCCCCCCC[n+]2ccc(CCCO)cc2)cc1. The fourth-order valence-corrected chi connectivity index (χ4v) is 4.18. The Kier molecular flexibility index (Phi) is 14.7. The Hall–Kier alpha value is -1.78. The molecule has 0 radical (unpaired) electrons. The van der Waals surface area contributed by atoms with Crippen LogP contribution in [0.25, 0.3) is 0 Å². The molecule has 178 valence electrons. The number of nitrogens with zero attached hydrogens (tertiary/aromatic N) is 2. The van der Waals surface area contributed by atoms with Crippen LogP contribution in [0.15, 0.2) is 49.1 Å². The third-order valence-electron chi connectivity index (χ3n) is 6.25. The van der Waals surface area contributed by atoms with Crippen molar-refractivity contribution in [3.63, 3.8) is 0 Å². The molecule has 2 N–H and O–H groups in total. The van der Waals surface area contributed by atoms with E-state index in [9.17, 15) is 0 Å². The average Bonchev–Trinajstić information content (AvgIpc) is 2.83. The molecular formula is C28H46N2O2+2. The molecule has 2 heterocycles. The smallest absolute Gasteiger partial charge is 0.169 e. The van der Waals surface area contributed by atoms with Crippen LogP contribution in [0.1, 0.15) is 88.2 Å². The number of hydrogen-bond acceptors (Lipinski definition) is 2. The van der Waals surface area contributed by atoms with Crippen LogP contribution in [-0.2, 0) is 25.9 Å². The van der Waals surface area contributed by atoms with Crippen LogP contribution in [0.2, 0.25) is 0 Å². The highest BCUT2D eigenvalue weighted by Gasteiger charge is 2.03. The van der Waals surface area contributed by atoms with Crippen LogP contribution in [0.3, 0.4) is 0 Å². The number of unbranched alkanes of at least 4 members (excludes halogenated alkanes) is 9. The Balaban J connectivity index is 1.37. The summed E-state index contributed by atoms with van der Waals surface area (Å²) >= 11 is 0. The van der Waals surface area contributed by atoms with Gasteiger partial charge in [0.25, 0.3) is 0 Å². The standard InChI is InChI=1S/C28H46N2O2/c31-25-11-13-27-15-21-29(22-16-27)19-9-7-5-3-1-2-4-6-8-10-20-30-23-17-28(18-24-30)14-12-26-32/h15-18,21-24,31-32H,1-14,19-20,25-26H2/q+2. The molecule has 2 aromatic rings. The highest BCUT2D eigenvalue weighted by Crippen LogP contribution is 2.11. The largest absolute Gasteiger partial charge is 0.396 e. The van der Waals surface area contributed by atoms with Gasteiger partial charge in [0.15, 0.2) is 24.8 Å². The zero-order chi connectivity index (χ0) is 22.7. The molecular weight excluding hydrogens is 396 g/mol. The molecule has 2 aromatic heterocycles. The minimum absolute atomic E-state index is 0.275. The quantitative estimate of drug-likeness (QED) is 0.244. The number of hydrogen-bond donors (Lipinski definition) is 2. The summed E-state index contributed by atoms with van der Waals surface area (Å²) in [5, 5.41) is 17.8. The van der Waals surface area contributed by atoms with E-state index in [1.165, 1.54) is 75.3 Å². The van der Waals surface area contributed by atoms with Gasteiger partial charge >= 0.3 is 0 Å². The van der Waals surface area contributed by atoms with E-state index in [-0.39, 0.29) is 13.2 Å². The third kappa shape index (κ3) is 12.3. The van der Waals surface area contributed by atoms with Gasteiger partial charge in [0.05, 0.1) is 0 Å². The van der Waals surface area contributed by atoms with Crippen molar-refractivity contribution < 1.29 is 19.3 Å². The van der Waals surface area contributed by atoms with Crippen molar-refractivity contribution in [2.45, 2.75) is 103 Å². The molecule has 4 nitrogen and oxygen atoms in total. The fourth-order valence-electron chi connectivity index (χ4n) is 4.18. The first-order valence-electron chi connectivity index (χ1n) is 13.0. The van der Waals surface area contributed by atoms with Gasteiger partial charge in [0.1, 0.15) is 13.1 Å². The van der Waals surface area contributed by atoms with Gasteiger partial charge in [0.2, 0.25) is 0 Å². The first kappa shape index (κ1) is 26.5. The number of rotatable bonds is 19. The van der Waals surface area contributed by atoms with Crippen LogP contribution >= 0.6 is 0 Å². The lowest BCUT2D eigenvalue weighted by Crippen LogP contribution is -2.32. The summed E-state index contributed by atoms with van der Waals surface area (Å²) in [6.45, 7) is 2.78. The van der Waals surface area contributed by atoms with Crippen molar-refractivity contribution >= 4 is 0 Å². The summed E-state index contributed by atoms with van der Waals surface area (Å²) < 4.78 is 4.57. The number of pyridine rings is 2. The van der Waals surface area contributed by atoms with Gasteiger partial charge in [-0.05, 0) is 49.7 Å². The van der Waals surface area contributed by atoms with E-state index in [1.54, 1.807) is 0 Å². The summed E-state index contributed by atoms with van der Waals surface area (Å²) in [5.74, 6) is 0. The Morgan fingerprint density at radius 1 is 0.438 bits per heavy atom. The molecule has 2 rings (SSSR count). The second kappa shape index (κ2) is 17.7. The van der Waals surface area contributed by atoms with Gasteiger partial charge in [-0.3, -0.25) is 0 Å². The van der Waals surface area contributed by atoms with Gasteiger partial charge in [-0.15, -0.1) is 0 Å². The lowest BCUT2D eigenvalue weighted by molar-refractivity contribution is -0.697. The Bertz CT molecular complexity index is 624. The van der Waals surface area contributed by atoms with E-state index in [2.05, 4.69) is 58.2 Å². The normalized spacial score (nSPS) is 11.2. The monoisotopic (exact) mass is 442 g/mol. The van der Waals surface area contributed by atoms with Gasteiger partial charge in [-0.1, -0.05) is 38.5 Å². The lowest BCUT2D eigenvalue weighted by atomic mass is 10.1. The van der Waals surface area contributed by atoms with Crippen molar-refractivity contribution in [3.05, 3.63) is 60.2 Å². The minimum atomic E-state index is 0.275. The van der Waals surface area contributed by atoms with E-state index >= 15 is 0 Å². The maximum absolute atomic E-state index is 8.91. The molecule has 4 heteroatoms. The van der Waals surface area contributed by atoms with Gasteiger partial charge in [-0.25, -0.2) is 9.13 Å². The lowest BCUT2D eigenvalue weighted by Gasteiger charge is -2.03. The zero-order valence-electron chi connectivity index (χ0n) is 20.1. The van der Waals surface area contributed by atoms with Gasteiger partial charge in [-0.2, -0.15) is 0 Å². The van der Waals surface area contributed by atoms with Crippen LogP contribution in [0, 0.1) is 0 Å². The Morgan fingerprint density at radius 3 is 1.06 bits per heavy atom. The molecule has 0 aliphatic heterocycles. The van der Waals surface area contributed by atoms with Crippen molar-refractivity contribution in [3.8, 4) is 0 Å². The van der Waals surface area contributed by atoms with Gasteiger partial charge < -0.3 is 10.2 Å². The predicted molar refractivity (Wildman–Crippen MR) is 130 cm³/mol. The summed E-state index contributed by atoms with van der Waals surface area (Å²) in [6.07, 6.45) is 25.8. The number of aryl methyl sites for hydroxylation is 4. The Labute approximate surface area is 196 Å². The van der Waals surface area contributed by atoms with Crippen LogP contribution in [0.5, 0.6) is 0 Å². The number of aliphatic hydroxyl groups is 2. The van der Waals surface area contributed by atoms with Gasteiger partial charge in [0, 0.05) is 50.3 Å². The fraction of sp³-hybridized carbons (Fsp3) is 0.643. The molecule has 0 fully saturated rings. The second-order valence-corrected chi connectivity index (χ2v) is 9.08. The molecule has 0 saturated carbocycles. The molecule has 0 unspecified atom stereocenters. The minimum Gasteiger partial charge on any atom is -0.396 e. The summed E-state index contributed by atoms with van der Waals surface area (Å²) in [7, 11) is 0. The highest BCUT2D eigenvalue weighted by molar-refractivity contribution is 5.07. The van der Waals surface area contributed by atoms with E-state index in [0.717, 1.165) is 38.8 Å². The molecule has 0 saturated heterocycles. The van der Waals surface area contributed by atoms with Crippen molar-refractivity contribution in [1.82, 2.24) is 0 Å². The van der Waals surface area contributed by atoms with E-state index in [1.807, 2.05) is 0 Å². The third-order valence-corrected chi connectivity index (χ3v) is 6.25. The molecule has 0 aliphatic rings. The topological polar surface area (TPSA) is 48.2 Å². The number of aromatic nitrogens is 2. The van der Waals surface area contributed by atoms with Crippen LogP contribution in [-0.4, -0.2) is 23.4 Å². The first-order valence-corrected chi connectivity index (χ1v) is 13.0. The maximum atomic E-state index is 8.91.